The standard InChI is InChI=1S/C23H27N3O7S/c1-16(2)33-20-8-7-17(34(29,30)25-9-11-31-12-10-25)13-18(20)24-22(27)14-26-19-5-3-4-6-21(19)32-15-23(26)28/h3-8,13,16H,9-12,14-15H2,1-2H3,(H,24,27). The first-order valence-corrected chi connectivity index (χ1v) is 12.4. The van der Waals surface area contributed by atoms with Crippen LogP contribution in [0, 0.1) is 0 Å². The van der Waals surface area contributed by atoms with Crippen molar-refractivity contribution in [3.63, 3.8) is 0 Å². The molecule has 0 unspecified atom stereocenters. The summed E-state index contributed by atoms with van der Waals surface area (Å²) in [6.45, 7) is 4.39. The number of morpholine rings is 1. The molecule has 0 radical (unpaired) electrons. The van der Waals surface area contributed by atoms with Gasteiger partial charge in [-0.25, -0.2) is 8.42 Å². The summed E-state index contributed by atoms with van der Waals surface area (Å²) in [6.07, 6.45) is -0.204. The van der Waals surface area contributed by atoms with Crippen molar-refractivity contribution >= 4 is 33.2 Å². The highest BCUT2D eigenvalue weighted by atomic mass is 32.2. The Morgan fingerprint density at radius 3 is 2.62 bits per heavy atom. The molecule has 2 heterocycles. The van der Waals surface area contributed by atoms with Crippen LogP contribution < -0.4 is 19.7 Å². The van der Waals surface area contributed by atoms with Crippen molar-refractivity contribution in [1.82, 2.24) is 4.31 Å². The number of carbonyl (C=O) groups excluding carboxylic acids is 2. The van der Waals surface area contributed by atoms with Crippen LogP contribution in [0.25, 0.3) is 0 Å². The lowest BCUT2D eigenvalue weighted by Gasteiger charge is -2.29. The Bertz CT molecular complexity index is 1180. The van der Waals surface area contributed by atoms with Gasteiger partial charge in [0.15, 0.2) is 6.61 Å². The fourth-order valence-electron chi connectivity index (χ4n) is 3.72. The maximum Gasteiger partial charge on any atom is 0.265 e. The maximum absolute atomic E-state index is 13.1. The number of para-hydroxylation sites is 2. The molecule has 0 aliphatic carbocycles. The molecule has 0 aromatic heterocycles. The molecule has 34 heavy (non-hydrogen) atoms. The van der Waals surface area contributed by atoms with Crippen molar-refractivity contribution in [2.75, 3.05) is 49.7 Å². The Morgan fingerprint density at radius 1 is 1.15 bits per heavy atom. The van der Waals surface area contributed by atoms with Gasteiger partial charge < -0.3 is 19.5 Å². The van der Waals surface area contributed by atoms with Crippen LogP contribution in [0.3, 0.4) is 0 Å². The molecule has 0 spiro atoms. The van der Waals surface area contributed by atoms with Crippen LogP contribution in [0.4, 0.5) is 11.4 Å². The third-order valence-corrected chi connectivity index (χ3v) is 7.20. The smallest absolute Gasteiger partial charge is 0.265 e. The number of anilines is 2. The Labute approximate surface area is 198 Å². The van der Waals surface area contributed by atoms with Gasteiger partial charge in [0.05, 0.1) is 35.6 Å². The van der Waals surface area contributed by atoms with Crippen LogP contribution in [0.15, 0.2) is 47.4 Å². The second-order valence-corrected chi connectivity index (χ2v) is 10.1. The molecule has 0 atom stereocenters. The van der Waals surface area contributed by atoms with E-state index >= 15 is 0 Å². The fourth-order valence-corrected chi connectivity index (χ4v) is 5.16. The largest absolute Gasteiger partial charge is 0.489 e. The van der Waals surface area contributed by atoms with Crippen LogP contribution in [0.1, 0.15) is 13.8 Å². The van der Waals surface area contributed by atoms with Crippen LogP contribution in [0.2, 0.25) is 0 Å². The summed E-state index contributed by atoms with van der Waals surface area (Å²) >= 11 is 0. The minimum absolute atomic E-state index is 0.0357. The van der Waals surface area contributed by atoms with Gasteiger partial charge in [0.2, 0.25) is 15.9 Å². The molecule has 1 fully saturated rings. The Kier molecular flexibility index (Phi) is 7.05. The topological polar surface area (TPSA) is 114 Å². The van der Waals surface area contributed by atoms with E-state index < -0.39 is 15.9 Å². The van der Waals surface area contributed by atoms with Gasteiger partial charge in [-0.2, -0.15) is 4.31 Å². The lowest BCUT2D eigenvalue weighted by Crippen LogP contribution is -2.43. The number of nitrogens with one attached hydrogen (secondary N) is 1. The monoisotopic (exact) mass is 489 g/mol. The van der Waals surface area contributed by atoms with Gasteiger partial charge >= 0.3 is 0 Å². The molecule has 2 aromatic carbocycles. The quantitative estimate of drug-likeness (QED) is 0.631. The highest BCUT2D eigenvalue weighted by Crippen LogP contribution is 2.33. The van der Waals surface area contributed by atoms with E-state index in [0.29, 0.717) is 30.4 Å². The van der Waals surface area contributed by atoms with Crippen molar-refractivity contribution in [2.45, 2.75) is 24.8 Å². The van der Waals surface area contributed by atoms with E-state index in [1.165, 1.54) is 27.4 Å². The Morgan fingerprint density at radius 2 is 1.88 bits per heavy atom. The maximum atomic E-state index is 13.1. The van der Waals surface area contributed by atoms with Crippen LogP contribution >= 0.6 is 0 Å². The molecule has 2 aliphatic rings. The number of carbonyl (C=O) groups is 2. The zero-order valence-corrected chi connectivity index (χ0v) is 19.8. The van der Waals surface area contributed by atoms with Gasteiger partial charge in [-0.15, -0.1) is 0 Å². The fraction of sp³-hybridized carbons (Fsp3) is 0.391. The molecule has 10 nitrogen and oxygen atoms in total. The van der Waals surface area contributed by atoms with Gasteiger partial charge in [-0.05, 0) is 44.2 Å². The molecular formula is C23H27N3O7S. The van der Waals surface area contributed by atoms with E-state index in [9.17, 15) is 18.0 Å². The first-order valence-electron chi connectivity index (χ1n) is 11.0. The average Bonchev–Trinajstić information content (AvgIpc) is 2.82. The summed E-state index contributed by atoms with van der Waals surface area (Å²) in [6, 6.07) is 11.3. The second-order valence-electron chi connectivity index (χ2n) is 8.13. The molecule has 2 amide bonds. The number of sulfonamides is 1. The van der Waals surface area contributed by atoms with E-state index in [2.05, 4.69) is 5.32 Å². The minimum atomic E-state index is -3.78. The first-order chi connectivity index (χ1) is 16.3. The van der Waals surface area contributed by atoms with E-state index in [0.717, 1.165) is 0 Å². The lowest BCUT2D eigenvalue weighted by molar-refractivity contribution is -0.123. The molecule has 4 rings (SSSR count). The van der Waals surface area contributed by atoms with Crippen LogP contribution in [-0.2, 0) is 24.3 Å². The molecule has 2 aromatic rings. The van der Waals surface area contributed by atoms with Crippen molar-refractivity contribution in [2.24, 2.45) is 0 Å². The van der Waals surface area contributed by atoms with Crippen molar-refractivity contribution in [1.29, 1.82) is 0 Å². The normalized spacial score (nSPS) is 16.7. The number of amides is 2. The third kappa shape index (κ3) is 5.16. The van der Waals surface area contributed by atoms with E-state index in [4.69, 9.17) is 14.2 Å². The zero-order valence-electron chi connectivity index (χ0n) is 19.0. The zero-order chi connectivity index (χ0) is 24.3. The second kappa shape index (κ2) is 10.00. The highest BCUT2D eigenvalue weighted by molar-refractivity contribution is 7.89. The number of ether oxygens (including phenoxy) is 3. The molecule has 0 saturated carbocycles. The first kappa shape index (κ1) is 24.0. The Balaban J connectivity index is 1.59. The molecule has 0 bridgehead atoms. The van der Waals surface area contributed by atoms with Gasteiger partial charge in [-0.3, -0.25) is 14.5 Å². The molecule has 2 aliphatic heterocycles. The summed E-state index contributed by atoms with van der Waals surface area (Å²) in [5.41, 5.74) is 0.707. The number of nitrogens with zero attached hydrogens (tertiary/aromatic N) is 2. The molecular weight excluding hydrogens is 462 g/mol. The van der Waals surface area contributed by atoms with Crippen LogP contribution in [0.5, 0.6) is 11.5 Å². The van der Waals surface area contributed by atoms with Crippen molar-refractivity contribution < 1.29 is 32.2 Å². The molecule has 11 heteroatoms. The summed E-state index contributed by atoms with van der Waals surface area (Å²) in [5.74, 6) is -0.00829. The third-order valence-electron chi connectivity index (χ3n) is 5.31. The van der Waals surface area contributed by atoms with Crippen molar-refractivity contribution in [3.05, 3.63) is 42.5 Å². The summed E-state index contributed by atoms with van der Waals surface area (Å²) in [4.78, 5) is 26.8. The molecule has 1 saturated heterocycles. The molecule has 182 valence electrons. The van der Waals surface area contributed by atoms with Gasteiger partial charge in [0.25, 0.3) is 5.91 Å². The van der Waals surface area contributed by atoms with E-state index in [-0.39, 0.29) is 48.8 Å². The van der Waals surface area contributed by atoms with Gasteiger partial charge in [0.1, 0.15) is 18.0 Å². The summed E-state index contributed by atoms with van der Waals surface area (Å²) < 4.78 is 44.0. The minimum Gasteiger partial charge on any atom is -0.489 e. The SMILES string of the molecule is CC(C)Oc1ccc(S(=O)(=O)N2CCOCC2)cc1NC(=O)CN1C(=O)COc2ccccc21. The number of benzene rings is 2. The Hall–Kier alpha value is -3.15. The predicted octanol–water partition coefficient (Wildman–Crippen LogP) is 1.86. The van der Waals surface area contributed by atoms with Gasteiger partial charge in [0, 0.05) is 13.1 Å². The average molecular weight is 490 g/mol. The number of hydrogen-bond acceptors (Lipinski definition) is 7. The predicted molar refractivity (Wildman–Crippen MR) is 125 cm³/mol. The van der Waals surface area contributed by atoms with E-state index in [1.54, 1.807) is 24.3 Å². The number of rotatable bonds is 7. The molecule has 1 N–H and O–H groups in total. The highest BCUT2D eigenvalue weighted by Gasteiger charge is 2.29. The summed E-state index contributed by atoms with van der Waals surface area (Å²) in [5, 5.41) is 2.72. The van der Waals surface area contributed by atoms with Crippen molar-refractivity contribution in [3.8, 4) is 11.5 Å². The summed E-state index contributed by atoms with van der Waals surface area (Å²) in [7, 11) is -3.78. The van der Waals surface area contributed by atoms with Crippen LogP contribution in [-0.4, -0.2) is 70.1 Å². The van der Waals surface area contributed by atoms with E-state index in [1.807, 2.05) is 13.8 Å². The van der Waals surface area contributed by atoms with Gasteiger partial charge in [-0.1, -0.05) is 12.1 Å². The number of hydrogen-bond donors (Lipinski definition) is 1. The number of fused-ring (bicyclic) bond motifs is 1. The lowest BCUT2D eigenvalue weighted by atomic mass is 10.2.